The molecule has 1 aromatic rings. The average molecular weight is 423 g/mol. The first-order chi connectivity index (χ1) is 9.86. The Balaban J connectivity index is 2.36. The van der Waals surface area contributed by atoms with Gasteiger partial charge in [0.15, 0.2) is 0 Å². The van der Waals surface area contributed by atoms with Gasteiger partial charge >= 0.3 is 5.97 Å². The van der Waals surface area contributed by atoms with Gasteiger partial charge in [0, 0.05) is 16.7 Å². The van der Waals surface area contributed by atoms with Crippen LogP contribution in [0.25, 0.3) is 0 Å². The van der Waals surface area contributed by atoms with Crippen molar-refractivity contribution in [3.8, 4) is 0 Å². The van der Waals surface area contributed by atoms with Crippen LogP contribution in [0.1, 0.15) is 36.5 Å². The molecule has 0 heterocycles. The highest BCUT2D eigenvalue weighted by atomic mass is 127. The second kappa shape index (κ2) is 6.62. The van der Waals surface area contributed by atoms with Gasteiger partial charge in [0.1, 0.15) is 0 Å². The van der Waals surface area contributed by atoms with E-state index in [2.05, 4.69) is 0 Å². The molecule has 0 atom stereocenters. The molecule has 0 aliphatic heterocycles. The normalized spacial score (nSPS) is 15.4. The van der Waals surface area contributed by atoms with E-state index in [0.29, 0.717) is 22.6 Å². The Morgan fingerprint density at radius 2 is 2.10 bits per heavy atom. The largest absolute Gasteiger partial charge is 0.478 e. The van der Waals surface area contributed by atoms with Crippen molar-refractivity contribution in [3.63, 3.8) is 0 Å². The van der Waals surface area contributed by atoms with E-state index in [1.165, 1.54) is 22.5 Å². The minimum absolute atomic E-state index is 0.0274. The fraction of sp³-hybridized carbons (Fsp3) is 0.500. The fourth-order valence-electron chi connectivity index (χ4n) is 2.13. The number of aromatic carboxylic acids is 1. The van der Waals surface area contributed by atoms with E-state index < -0.39 is 16.0 Å². The summed E-state index contributed by atoms with van der Waals surface area (Å²) in [5.41, 5.74) is 0.0274. The third-order valence-corrected chi connectivity index (χ3v) is 6.24. The molecule has 1 aliphatic carbocycles. The average Bonchev–Trinajstić information content (AvgIpc) is 3.22. The number of hydrogen-bond donors (Lipinski definition) is 1. The third kappa shape index (κ3) is 3.95. The lowest BCUT2D eigenvalue weighted by Gasteiger charge is -2.21. The first-order valence-electron chi connectivity index (χ1n) is 6.89. The zero-order valence-corrected chi connectivity index (χ0v) is 14.7. The van der Waals surface area contributed by atoms with Crippen molar-refractivity contribution >= 4 is 38.6 Å². The van der Waals surface area contributed by atoms with E-state index in [1.54, 1.807) is 0 Å². The van der Waals surface area contributed by atoms with Crippen LogP contribution in [-0.4, -0.2) is 36.9 Å². The lowest BCUT2D eigenvalue weighted by atomic mass is 10.2. The van der Waals surface area contributed by atoms with Gasteiger partial charge in [-0.1, -0.05) is 6.92 Å². The summed E-state index contributed by atoms with van der Waals surface area (Å²) in [4.78, 5) is 11.2. The number of carboxylic acids is 1. The molecule has 1 N–H and O–H groups in total. The molecule has 0 unspecified atom stereocenters. The second-order valence-electron chi connectivity index (χ2n) is 5.25. The molecule has 0 amide bonds. The summed E-state index contributed by atoms with van der Waals surface area (Å²) >= 11 is 1.90. The van der Waals surface area contributed by atoms with Crippen molar-refractivity contribution in [1.82, 2.24) is 4.31 Å². The smallest absolute Gasteiger partial charge is 0.336 e. The van der Waals surface area contributed by atoms with Crippen molar-refractivity contribution in [2.45, 2.75) is 31.1 Å². The molecule has 7 heteroatoms. The summed E-state index contributed by atoms with van der Waals surface area (Å²) in [5.74, 6) is -0.658. The van der Waals surface area contributed by atoms with Crippen LogP contribution in [0.2, 0.25) is 0 Å². The Labute approximate surface area is 138 Å². The highest BCUT2D eigenvalue weighted by molar-refractivity contribution is 14.1. The monoisotopic (exact) mass is 423 g/mol. The Morgan fingerprint density at radius 1 is 1.43 bits per heavy atom. The zero-order chi connectivity index (χ0) is 15.6. The van der Waals surface area contributed by atoms with E-state index in [4.69, 9.17) is 5.11 Å². The maximum Gasteiger partial charge on any atom is 0.336 e. The van der Waals surface area contributed by atoms with E-state index >= 15 is 0 Å². The highest BCUT2D eigenvalue weighted by Gasteiger charge is 2.31. The van der Waals surface area contributed by atoms with Crippen LogP contribution in [0.15, 0.2) is 23.1 Å². The number of nitrogens with zero attached hydrogens (tertiary/aromatic N) is 1. The summed E-state index contributed by atoms with van der Waals surface area (Å²) < 4.78 is 27.4. The molecule has 1 aromatic carbocycles. The molecule has 0 spiro atoms. The van der Waals surface area contributed by atoms with Gasteiger partial charge in [-0.05, 0) is 66.0 Å². The predicted molar refractivity (Wildman–Crippen MR) is 87.9 cm³/mol. The molecule has 2 rings (SSSR count). The SMILES string of the molecule is CCCN(CC1CC1)S(=O)(=O)c1ccc(I)c(C(=O)O)c1. The molecule has 5 nitrogen and oxygen atoms in total. The van der Waals surface area contributed by atoms with E-state index in [9.17, 15) is 13.2 Å². The molecule has 116 valence electrons. The number of carbonyl (C=O) groups is 1. The van der Waals surface area contributed by atoms with Gasteiger partial charge in [-0.3, -0.25) is 0 Å². The first kappa shape index (κ1) is 16.7. The fourth-order valence-corrected chi connectivity index (χ4v) is 4.33. The predicted octanol–water partition coefficient (Wildman–Crippen LogP) is 2.80. The van der Waals surface area contributed by atoms with Crippen LogP contribution in [-0.2, 0) is 10.0 Å². The molecule has 0 radical (unpaired) electrons. The molecule has 21 heavy (non-hydrogen) atoms. The molecule has 0 saturated heterocycles. The standard InChI is InChI=1S/C14H18INO4S/c1-2-7-16(9-10-3-4-10)21(19,20)11-5-6-13(15)12(8-11)14(17)18/h5-6,8,10H,2-4,7,9H2,1H3,(H,17,18). The number of halogens is 1. The van der Waals surface area contributed by atoms with Crippen LogP contribution in [0.4, 0.5) is 0 Å². The van der Waals surface area contributed by atoms with Crippen molar-refractivity contribution in [2.75, 3.05) is 13.1 Å². The Bertz CT molecular complexity index is 640. The minimum Gasteiger partial charge on any atom is -0.478 e. The Kier molecular flexibility index (Phi) is 5.26. The quantitative estimate of drug-likeness (QED) is 0.685. The summed E-state index contributed by atoms with van der Waals surface area (Å²) in [7, 11) is -3.62. The first-order valence-corrected chi connectivity index (χ1v) is 9.41. The lowest BCUT2D eigenvalue weighted by molar-refractivity contribution is 0.0695. The second-order valence-corrected chi connectivity index (χ2v) is 8.35. The van der Waals surface area contributed by atoms with Crippen LogP contribution in [0.3, 0.4) is 0 Å². The number of sulfonamides is 1. The maximum absolute atomic E-state index is 12.7. The van der Waals surface area contributed by atoms with Crippen molar-refractivity contribution < 1.29 is 18.3 Å². The molecular weight excluding hydrogens is 405 g/mol. The summed E-state index contributed by atoms with van der Waals surface area (Å²) in [6.07, 6.45) is 2.88. The van der Waals surface area contributed by atoms with E-state index in [0.717, 1.165) is 19.3 Å². The topological polar surface area (TPSA) is 74.7 Å². The van der Waals surface area contributed by atoms with Crippen LogP contribution >= 0.6 is 22.6 Å². The van der Waals surface area contributed by atoms with Crippen LogP contribution in [0, 0.1) is 9.49 Å². The van der Waals surface area contributed by atoms with Crippen molar-refractivity contribution in [1.29, 1.82) is 0 Å². The molecule has 0 aromatic heterocycles. The van der Waals surface area contributed by atoms with Crippen molar-refractivity contribution in [2.24, 2.45) is 5.92 Å². The summed E-state index contributed by atoms with van der Waals surface area (Å²) in [6.45, 7) is 2.93. The van der Waals surface area contributed by atoms with Gasteiger partial charge in [-0.15, -0.1) is 0 Å². The molecular formula is C14H18INO4S. The van der Waals surface area contributed by atoms with Gasteiger partial charge < -0.3 is 5.11 Å². The van der Waals surface area contributed by atoms with Crippen LogP contribution < -0.4 is 0 Å². The Hall–Kier alpha value is -0.670. The van der Waals surface area contributed by atoms with Gasteiger partial charge in [0.25, 0.3) is 0 Å². The zero-order valence-electron chi connectivity index (χ0n) is 11.8. The molecule has 1 saturated carbocycles. The minimum atomic E-state index is -3.62. The summed E-state index contributed by atoms with van der Waals surface area (Å²) in [5, 5.41) is 9.14. The lowest BCUT2D eigenvalue weighted by Crippen LogP contribution is -2.33. The highest BCUT2D eigenvalue weighted by Crippen LogP contribution is 2.32. The number of hydrogen-bond acceptors (Lipinski definition) is 3. The molecule has 1 aliphatic rings. The van der Waals surface area contributed by atoms with Gasteiger partial charge in [0.05, 0.1) is 10.5 Å². The summed E-state index contributed by atoms with van der Waals surface area (Å²) in [6, 6.07) is 4.28. The number of carboxylic acid groups (broad SMARTS) is 1. The van der Waals surface area contributed by atoms with Crippen LogP contribution in [0.5, 0.6) is 0 Å². The van der Waals surface area contributed by atoms with Crippen molar-refractivity contribution in [3.05, 3.63) is 27.3 Å². The van der Waals surface area contributed by atoms with E-state index in [-0.39, 0.29) is 10.5 Å². The Morgan fingerprint density at radius 3 is 2.62 bits per heavy atom. The number of benzene rings is 1. The number of rotatable bonds is 7. The van der Waals surface area contributed by atoms with E-state index in [1.807, 2.05) is 29.5 Å². The van der Waals surface area contributed by atoms with Gasteiger partial charge in [-0.2, -0.15) is 4.31 Å². The van der Waals surface area contributed by atoms with Gasteiger partial charge in [0.2, 0.25) is 10.0 Å². The maximum atomic E-state index is 12.7. The molecule has 1 fully saturated rings. The third-order valence-electron chi connectivity index (χ3n) is 3.44. The van der Waals surface area contributed by atoms with Gasteiger partial charge in [-0.25, -0.2) is 13.2 Å². The molecule has 0 bridgehead atoms.